The first-order valence-electron chi connectivity index (χ1n) is 7.35. The zero-order valence-electron chi connectivity index (χ0n) is 12.6. The van der Waals surface area contributed by atoms with Crippen molar-refractivity contribution in [1.82, 2.24) is 4.98 Å². The highest BCUT2D eigenvalue weighted by molar-refractivity contribution is 6.17. The van der Waals surface area contributed by atoms with E-state index in [1.165, 1.54) is 38.1 Å². The van der Waals surface area contributed by atoms with E-state index in [9.17, 15) is 0 Å². The Morgan fingerprint density at radius 2 is 1.77 bits per heavy atom. The number of aliphatic hydroxyl groups excluding tert-OH is 1. The molecule has 0 atom stereocenters. The highest BCUT2D eigenvalue weighted by Gasteiger charge is 2.09. The van der Waals surface area contributed by atoms with E-state index in [4.69, 9.17) is 5.11 Å². The van der Waals surface area contributed by atoms with Crippen LogP contribution in [0.5, 0.6) is 0 Å². The van der Waals surface area contributed by atoms with Crippen LogP contribution in [-0.2, 0) is 6.42 Å². The lowest BCUT2D eigenvalue weighted by Crippen LogP contribution is -1.85. The minimum absolute atomic E-state index is 0.895. The van der Waals surface area contributed by atoms with Crippen LogP contribution in [0.2, 0.25) is 0 Å². The lowest BCUT2D eigenvalue weighted by atomic mass is 9.99. The molecule has 2 nitrogen and oxygen atoms in total. The summed E-state index contributed by atoms with van der Waals surface area (Å²) in [6, 6.07) is 19.4. The van der Waals surface area contributed by atoms with E-state index < -0.39 is 0 Å². The average molecular weight is 289 g/mol. The number of hydrogen-bond donors (Lipinski definition) is 2. The summed E-state index contributed by atoms with van der Waals surface area (Å²) in [5.41, 5.74) is 3.76. The molecule has 0 radical (unpaired) electrons. The van der Waals surface area contributed by atoms with Crippen LogP contribution in [0.4, 0.5) is 0 Å². The van der Waals surface area contributed by atoms with E-state index in [0.29, 0.717) is 0 Å². The van der Waals surface area contributed by atoms with Crippen molar-refractivity contribution >= 4 is 32.6 Å². The van der Waals surface area contributed by atoms with Crippen LogP contribution in [0.15, 0.2) is 67.3 Å². The summed E-state index contributed by atoms with van der Waals surface area (Å²) < 4.78 is 0. The van der Waals surface area contributed by atoms with E-state index in [1.54, 1.807) is 0 Å². The number of benzene rings is 3. The van der Waals surface area contributed by atoms with Gasteiger partial charge in [-0.15, -0.1) is 6.58 Å². The SMILES string of the molecule is C=CCc1cccc2ccc3c4ccccc4[nH]c3c12.CO. The van der Waals surface area contributed by atoms with Crippen molar-refractivity contribution in [2.45, 2.75) is 6.42 Å². The lowest BCUT2D eigenvalue weighted by molar-refractivity contribution is 0.399. The average Bonchev–Trinajstić information content (AvgIpc) is 2.96. The van der Waals surface area contributed by atoms with Crippen molar-refractivity contribution in [3.63, 3.8) is 0 Å². The number of fused-ring (bicyclic) bond motifs is 5. The summed E-state index contributed by atoms with van der Waals surface area (Å²) in [6.45, 7) is 3.88. The lowest BCUT2D eigenvalue weighted by Gasteiger charge is -2.06. The minimum Gasteiger partial charge on any atom is -0.400 e. The maximum Gasteiger partial charge on any atom is 0.0547 e. The summed E-state index contributed by atoms with van der Waals surface area (Å²) in [4.78, 5) is 3.59. The van der Waals surface area contributed by atoms with Gasteiger partial charge in [0.15, 0.2) is 0 Å². The van der Waals surface area contributed by atoms with Crippen molar-refractivity contribution in [2.75, 3.05) is 7.11 Å². The normalized spacial score (nSPS) is 10.6. The molecule has 1 aromatic heterocycles. The van der Waals surface area contributed by atoms with Gasteiger partial charge in [-0.3, -0.25) is 0 Å². The van der Waals surface area contributed by atoms with E-state index in [1.807, 2.05) is 6.08 Å². The van der Waals surface area contributed by atoms with Gasteiger partial charge < -0.3 is 10.1 Å². The number of nitrogens with one attached hydrogen (secondary N) is 1. The third-order valence-corrected chi connectivity index (χ3v) is 3.97. The molecule has 0 fully saturated rings. The topological polar surface area (TPSA) is 36.0 Å². The van der Waals surface area contributed by atoms with Gasteiger partial charge in [-0.2, -0.15) is 0 Å². The molecule has 2 heteroatoms. The van der Waals surface area contributed by atoms with Crippen molar-refractivity contribution in [3.8, 4) is 0 Å². The van der Waals surface area contributed by atoms with Gasteiger partial charge in [0.1, 0.15) is 0 Å². The molecule has 0 aliphatic carbocycles. The van der Waals surface area contributed by atoms with Crippen molar-refractivity contribution < 1.29 is 5.11 Å². The molecule has 3 aromatic carbocycles. The summed E-state index contributed by atoms with van der Waals surface area (Å²) >= 11 is 0. The van der Waals surface area contributed by atoms with Crippen LogP contribution < -0.4 is 0 Å². The fourth-order valence-electron chi connectivity index (χ4n) is 3.10. The molecule has 2 N–H and O–H groups in total. The molecule has 4 rings (SSSR count). The molecule has 0 saturated carbocycles. The molecular weight excluding hydrogens is 270 g/mol. The highest BCUT2D eigenvalue weighted by atomic mass is 16.2. The van der Waals surface area contributed by atoms with Crippen LogP contribution in [0, 0.1) is 0 Å². The van der Waals surface area contributed by atoms with E-state index in [0.717, 1.165) is 13.5 Å². The van der Waals surface area contributed by atoms with Gasteiger partial charge in [0, 0.05) is 28.8 Å². The van der Waals surface area contributed by atoms with Crippen LogP contribution in [-0.4, -0.2) is 17.2 Å². The summed E-state index contributed by atoms with van der Waals surface area (Å²) in [6.07, 6.45) is 2.86. The maximum absolute atomic E-state index is 7.00. The molecule has 0 amide bonds. The molecule has 0 unspecified atom stereocenters. The number of rotatable bonds is 2. The fourth-order valence-corrected chi connectivity index (χ4v) is 3.10. The summed E-state index contributed by atoms with van der Waals surface area (Å²) in [5, 5.41) is 12.2. The Labute approximate surface area is 129 Å². The Morgan fingerprint density at radius 1 is 0.955 bits per heavy atom. The maximum atomic E-state index is 7.00. The molecule has 110 valence electrons. The second-order valence-corrected chi connectivity index (χ2v) is 5.17. The van der Waals surface area contributed by atoms with E-state index in [-0.39, 0.29) is 0 Å². The first-order valence-corrected chi connectivity index (χ1v) is 7.35. The molecule has 0 saturated heterocycles. The van der Waals surface area contributed by atoms with Gasteiger partial charge in [0.2, 0.25) is 0 Å². The number of aromatic nitrogens is 1. The van der Waals surface area contributed by atoms with Gasteiger partial charge in [-0.25, -0.2) is 0 Å². The zero-order chi connectivity index (χ0) is 15.5. The third kappa shape index (κ3) is 2.18. The van der Waals surface area contributed by atoms with Gasteiger partial charge in [0.05, 0.1) is 5.52 Å². The van der Waals surface area contributed by atoms with E-state index >= 15 is 0 Å². The fraction of sp³-hybridized carbons (Fsp3) is 0.100. The van der Waals surface area contributed by atoms with Crippen LogP contribution in [0.3, 0.4) is 0 Å². The summed E-state index contributed by atoms with van der Waals surface area (Å²) in [7, 11) is 1.00. The predicted molar refractivity (Wildman–Crippen MR) is 95.4 cm³/mol. The number of hydrogen-bond acceptors (Lipinski definition) is 1. The Kier molecular flexibility index (Phi) is 3.94. The van der Waals surface area contributed by atoms with Gasteiger partial charge in [-0.05, 0) is 23.4 Å². The number of allylic oxidation sites excluding steroid dienone is 1. The number of aliphatic hydroxyl groups is 1. The predicted octanol–water partition coefficient (Wildman–Crippen LogP) is 4.81. The van der Waals surface area contributed by atoms with Crippen LogP contribution in [0.25, 0.3) is 32.6 Å². The number of aromatic amines is 1. The standard InChI is InChI=1S/C19H15N.CH4O/c1-2-6-13-7-5-8-14-11-12-16-15-9-3-4-10-17(15)20-19(16)18(13)14;1-2/h2-5,7-12,20H,1,6H2;2H,1H3. The number of para-hydroxylation sites is 1. The monoisotopic (exact) mass is 289 g/mol. The molecule has 1 heterocycles. The minimum atomic E-state index is 0.895. The first-order chi connectivity index (χ1) is 10.9. The molecule has 0 aliphatic heterocycles. The van der Waals surface area contributed by atoms with Crippen LogP contribution in [0.1, 0.15) is 5.56 Å². The molecule has 0 aliphatic rings. The molecular formula is C20H19NO. The summed E-state index contributed by atoms with van der Waals surface area (Å²) in [5.74, 6) is 0. The Bertz CT molecular complexity index is 950. The second-order valence-electron chi connectivity index (χ2n) is 5.17. The first kappa shape index (κ1) is 14.4. The van der Waals surface area contributed by atoms with E-state index in [2.05, 4.69) is 66.2 Å². The van der Waals surface area contributed by atoms with Gasteiger partial charge >= 0.3 is 0 Å². The molecule has 4 aromatic rings. The van der Waals surface area contributed by atoms with Crippen molar-refractivity contribution in [3.05, 3.63) is 72.8 Å². The molecule has 0 bridgehead atoms. The third-order valence-electron chi connectivity index (χ3n) is 3.97. The van der Waals surface area contributed by atoms with Gasteiger partial charge in [0.25, 0.3) is 0 Å². The van der Waals surface area contributed by atoms with Gasteiger partial charge in [-0.1, -0.05) is 54.6 Å². The van der Waals surface area contributed by atoms with Crippen molar-refractivity contribution in [1.29, 1.82) is 0 Å². The molecule has 22 heavy (non-hydrogen) atoms. The second kappa shape index (κ2) is 6.04. The Morgan fingerprint density at radius 3 is 2.59 bits per heavy atom. The van der Waals surface area contributed by atoms with Crippen LogP contribution >= 0.6 is 0 Å². The zero-order valence-corrected chi connectivity index (χ0v) is 12.6. The van der Waals surface area contributed by atoms with Crippen molar-refractivity contribution in [2.24, 2.45) is 0 Å². The Balaban J connectivity index is 0.000000693. The largest absolute Gasteiger partial charge is 0.400 e. The smallest absolute Gasteiger partial charge is 0.0547 e. The Hall–Kier alpha value is -2.58. The highest BCUT2D eigenvalue weighted by Crippen LogP contribution is 2.33. The molecule has 0 spiro atoms. The number of H-pyrrole nitrogens is 1. The quantitative estimate of drug-likeness (QED) is 0.510.